The second kappa shape index (κ2) is 8.03. The lowest BCUT2D eigenvalue weighted by molar-refractivity contribution is -0.120. The maximum Gasteiger partial charge on any atom is 0.229 e. The molecule has 0 spiro atoms. The van der Waals surface area contributed by atoms with E-state index >= 15 is 0 Å². The number of ether oxygens (including phenoxy) is 2. The third-order valence-corrected chi connectivity index (χ3v) is 4.53. The summed E-state index contributed by atoms with van der Waals surface area (Å²) in [5.74, 6) is 1.63. The van der Waals surface area contributed by atoms with Gasteiger partial charge < -0.3 is 19.7 Å². The maximum atomic E-state index is 12.9. The van der Waals surface area contributed by atoms with Crippen molar-refractivity contribution < 1.29 is 14.3 Å². The van der Waals surface area contributed by atoms with Gasteiger partial charge in [-0.25, -0.2) is 9.97 Å². The van der Waals surface area contributed by atoms with E-state index in [4.69, 9.17) is 9.47 Å². The van der Waals surface area contributed by atoms with Crippen LogP contribution in [0.5, 0.6) is 11.5 Å². The molecule has 2 heterocycles. The molecule has 1 aliphatic rings. The van der Waals surface area contributed by atoms with Crippen LogP contribution in [0.25, 0.3) is 0 Å². The van der Waals surface area contributed by atoms with Gasteiger partial charge in [0.2, 0.25) is 11.9 Å². The van der Waals surface area contributed by atoms with Gasteiger partial charge in [0.15, 0.2) is 0 Å². The molecule has 1 aromatic carbocycles. The van der Waals surface area contributed by atoms with Crippen molar-refractivity contribution in [2.75, 3.05) is 37.5 Å². The number of para-hydroxylation sites is 1. The molecule has 1 saturated heterocycles. The fourth-order valence-electron chi connectivity index (χ4n) is 3.16. The highest BCUT2D eigenvalue weighted by Crippen LogP contribution is 2.35. The van der Waals surface area contributed by atoms with Crippen molar-refractivity contribution in [2.24, 2.45) is 5.92 Å². The van der Waals surface area contributed by atoms with E-state index in [0.29, 0.717) is 29.7 Å². The largest absolute Gasteiger partial charge is 0.494 e. The quantitative estimate of drug-likeness (QED) is 0.888. The maximum absolute atomic E-state index is 12.9. The number of aryl methyl sites for hydroxylation is 1. The Balaban J connectivity index is 1.74. The van der Waals surface area contributed by atoms with Crippen LogP contribution in [0, 0.1) is 12.8 Å². The summed E-state index contributed by atoms with van der Waals surface area (Å²) in [5, 5.41) is 2.98. The third-order valence-electron chi connectivity index (χ3n) is 4.53. The van der Waals surface area contributed by atoms with Gasteiger partial charge in [0, 0.05) is 25.0 Å². The Morgan fingerprint density at radius 1 is 1.23 bits per heavy atom. The molecule has 1 unspecified atom stereocenters. The molecule has 7 nitrogen and oxygen atoms in total. The van der Waals surface area contributed by atoms with Gasteiger partial charge >= 0.3 is 0 Å². The van der Waals surface area contributed by atoms with Crippen LogP contribution >= 0.6 is 0 Å². The number of hydrogen-bond acceptors (Lipinski definition) is 6. The van der Waals surface area contributed by atoms with Crippen LogP contribution in [-0.4, -0.2) is 43.2 Å². The fraction of sp³-hybridized carbons (Fsp3) is 0.421. The van der Waals surface area contributed by atoms with Crippen LogP contribution in [0.3, 0.4) is 0 Å². The lowest BCUT2D eigenvalue weighted by Crippen LogP contribution is -2.41. The van der Waals surface area contributed by atoms with Gasteiger partial charge in [0.25, 0.3) is 0 Å². The molecule has 138 valence electrons. The smallest absolute Gasteiger partial charge is 0.229 e. The van der Waals surface area contributed by atoms with E-state index in [1.807, 2.05) is 19.1 Å². The number of rotatable bonds is 5. The predicted octanol–water partition coefficient (Wildman–Crippen LogP) is 2.66. The van der Waals surface area contributed by atoms with E-state index < -0.39 is 0 Å². The van der Waals surface area contributed by atoms with Gasteiger partial charge in [-0.3, -0.25) is 4.79 Å². The molecule has 0 radical (unpaired) electrons. The minimum atomic E-state index is -0.150. The summed E-state index contributed by atoms with van der Waals surface area (Å²) in [6.07, 6.45) is 3.49. The van der Waals surface area contributed by atoms with Crippen molar-refractivity contribution in [3.05, 3.63) is 36.2 Å². The third kappa shape index (κ3) is 3.87. The molecule has 1 aliphatic heterocycles. The molecule has 7 heteroatoms. The zero-order valence-electron chi connectivity index (χ0n) is 15.4. The Morgan fingerprint density at radius 2 is 1.96 bits per heavy atom. The number of nitrogens with zero attached hydrogens (tertiary/aromatic N) is 3. The molecular formula is C19H24N4O3. The van der Waals surface area contributed by atoms with Crippen molar-refractivity contribution in [3.63, 3.8) is 0 Å². The topological polar surface area (TPSA) is 76.6 Å². The van der Waals surface area contributed by atoms with Crippen LogP contribution in [0.2, 0.25) is 0 Å². The summed E-state index contributed by atoms with van der Waals surface area (Å²) in [7, 11) is 3.14. The number of hydrogen-bond donors (Lipinski definition) is 1. The van der Waals surface area contributed by atoms with Crippen molar-refractivity contribution >= 4 is 17.5 Å². The molecule has 1 atom stereocenters. The molecule has 1 fully saturated rings. The van der Waals surface area contributed by atoms with Crippen molar-refractivity contribution in [1.29, 1.82) is 0 Å². The molecule has 1 aromatic heterocycles. The minimum absolute atomic E-state index is 0.0508. The minimum Gasteiger partial charge on any atom is -0.494 e. The van der Waals surface area contributed by atoms with E-state index in [2.05, 4.69) is 20.2 Å². The van der Waals surface area contributed by atoms with Crippen molar-refractivity contribution in [3.8, 4) is 11.5 Å². The Hall–Kier alpha value is -2.83. The van der Waals surface area contributed by atoms with Crippen molar-refractivity contribution in [2.45, 2.75) is 19.8 Å². The summed E-state index contributed by atoms with van der Waals surface area (Å²) in [6.45, 7) is 3.38. The van der Waals surface area contributed by atoms with Gasteiger partial charge in [-0.1, -0.05) is 6.07 Å². The Labute approximate surface area is 153 Å². The first-order chi connectivity index (χ1) is 12.6. The number of carbonyl (C=O) groups is 1. The monoisotopic (exact) mass is 356 g/mol. The average molecular weight is 356 g/mol. The summed E-state index contributed by atoms with van der Waals surface area (Å²) < 4.78 is 10.7. The Morgan fingerprint density at radius 3 is 2.62 bits per heavy atom. The van der Waals surface area contributed by atoms with Crippen LogP contribution in [0.4, 0.5) is 11.6 Å². The lowest BCUT2D eigenvalue weighted by Gasteiger charge is -2.32. The Bertz CT molecular complexity index is 759. The van der Waals surface area contributed by atoms with E-state index in [1.54, 1.807) is 32.5 Å². The van der Waals surface area contributed by atoms with E-state index in [-0.39, 0.29) is 11.8 Å². The number of piperidine rings is 1. The Kier molecular flexibility index (Phi) is 5.55. The van der Waals surface area contributed by atoms with Gasteiger partial charge in [0.05, 0.1) is 20.1 Å². The summed E-state index contributed by atoms with van der Waals surface area (Å²) in [5.41, 5.74) is 1.48. The summed E-state index contributed by atoms with van der Waals surface area (Å²) in [6, 6.07) is 7.29. The van der Waals surface area contributed by atoms with Crippen LogP contribution in [-0.2, 0) is 4.79 Å². The molecule has 3 rings (SSSR count). The van der Waals surface area contributed by atoms with Crippen LogP contribution < -0.4 is 19.7 Å². The zero-order chi connectivity index (χ0) is 18.5. The zero-order valence-corrected chi connectivity index (χ0v) is 15.4. The first-order valence-corrected chi connectivity index (χ1v) is 8.69. The fourth-order valence-corrected chi connectivity index (χ4v) is 3.16. The molecule has 2 aromatic rings. The SMILES string of the molecule is COc1cccc(OC)c1NC(=O)C1CCCN(c2nccc(C)n2)C1. The molecule has 1 N–H and O–H groups in total. The standard InChI is InChI=1S/C19H24N4O3/c1-13-9-10-20-19(21-13)23-11-5-6-14(12-23)18(24)22-17-15(25-2)7-4-8-16(17)26-3/h4,7-10,14H,5-6,11-12H2,1-3H3,(H,22,24). The second-order valence-corrected chi connectivity index (χ2v) is 6.31. The van der Waals surface area contributed by atoms with Gasteiger partial charge in [0.1, 0.15) is 17.2 Å². The summed E-state index contributed by atoms with van der Waals surface area (Å²) in [4.78, 5) is 23.7. The first kappa shape index (κ1) is 18.0. The highest BCUT2D eigenvalue weighted by Gasteiger charge is 2.28. The number of aromatic nitrogens is 2. The van der Waals surface area contributed by atoms with E-state index in [9.17, 15) is 4.79 Å². The number of benzene rings is 1. The molecule has 0 saturated carbocycles. The average Bonchev–Trinajstić information content (AvgIpc) is 2.68. The summed E-state index contributed by atoms with van der Waals surface area (Å²) >= 11 is 0. The number of carbonyl (C=O) groups excluding carboxylic acids is 1. The molecule has 0 bridgehead atoms. The van der Waals surface area contributed by atoms with Crippen LogP contribution in [0.15, 0.2) is 30.5 Å². The highest BCUT2D eigenvalue weighted by molar-refractivity contribution is 5.96. The normalized spacial score (nSPS) is 16.9. The predicted molar refractivity (Wildman–Crippen MR) is 99.9 cm³/mol. The van der Waals surface area contributed by atoms with Crippen LogP contribution in [0.1, 0.15) is 18.5 Å². The lowest BCUT2D eigenvalue weighted by atomic mass is 9.97. The number of nitrogens with one attached hydrogen (secondary N) is 1. The van der Waals surface area contributed by atoms with E-state index in [1.165, 1.54) is 0 Å². The number of amides is 1. The van der Waals surface area contributed by atoms with Gasteiger partial charge in [-0.05, 0) is 38.0 Å². The van der Waals surface area contributed by atoms with Gasteiger partial charge in [-0.2, -0.15) is 0 Å². The molecular weight excluding hydrogens is 332 g/mol. The van der Waals surface area contributed by atoms with Crippen molar-refractivity contribution in [1.82, 2.24) is 9.97 Å². The molecule has 1 amide bonds. The second-order valence-electron chi connectivity index (χ2n) is 6.31. The highest BCUT2D eigenvalue weighted by atomic mass is 16.5. The molecule has 0 aliphatic carbocycles. The van der Waals surface area contributed by atoms with E-state index in [0.717, 1.165) is 25.1 Å². The molecule has 26 heavy (non-hydrogen) atoms. The van der Waals surface area contributed by atoms with Gasteiger partial charge in [-0.15, -0.1) is 0 Å². The number of anilines is 2. The first-order valence-electron chi connectivity index (χ1n) is 8.69. The number of methoxy groups -OCH3 is 2.